The van der Waals surface area contributed by atoms with Crippen molar-refractivity contribution in [2.75, 3.05) is 10.2 Å². The van der Waals surface area contributed by atoms with E-state index in [0.29, 0.717) is 16.9 Å². The number of ether oxygens (including phenoxy) is 1. The molecule has 0 bridgehead atoms. The van der Waals surface area contributed by atoms with Gasteiger partial charge < -0.3 is 20.3 Å². The van der Waals surface area contributed by atoms with Gasteiger partial charge in [0.05, 0.1) is 29.0 Å². The zero-order valence-corrected chi connectivity index (χ0v) is 15.4. The number of fused-ring (bicyclic) bond motifs is 1. The lowest BCUT2D eigenvalue weighted by molar-refractivity contribution is -0.119. The number of hydrogen-bond donors (Lipinski definition) is 2. The minimum Gasteiger partial charge on any atom is -0.444 e. The lowest BCUT2D eigenvalue weighted by Gasteiger charge is -2.31. The number of hydrogen-bond acceptors (Lipinski definition) is 5. The lowest BCUT2D eigenvalue weighted by atomic mass is 10.1. The van der Waals surface area contributed by atoms with Crippen molar-refractivity contribution in [1.82, 2.24) is 5.32 Å². The van der Waals surface area contributed by atoms with Crippen molar-refractivity contribution in [3.63, 3.8) is 0 Å². The fourth-order valence-electron chi connectivity index (χ4n) is 2.78. The SMILES string of the molecule is CC(=O)N1c2cc(C#N)ccc2NC(=O)[C@@H](NC(=O)OC(C)(C)C)[C@@H]1C. The summed E-state index contributed by atoms with van der Waals surface area (Å²) >= 11 is 0. The number of anilines is 2. The maximum atomic E-state index is 12.6. The predicted molar refractivity (Wildman–Crippen MR) is 95.6 cm³/mol. The van der Waals surface area contributed by atoms with E-state index in [1.54, 1.807) is 39.8 Å². The van der Waals surface area contributed by atoms with Gasteiger partial charge in [-0.3, -0.25) is 9.59 Å². The fourth-order valence-corrected chi connectivity index (χ4v) is 2.78. The van der Waals surface area contributed by atoms with E-state index < -0.39 is 29.7 Å². The average molecular weight is 358 g/mol. The van der Waals surface area contributed by atoms with Crippen LogP contribution in [0.4, 0.5) is 16.2 Å². The molecule has 2 atom stereocenters. The van der Waals surface area contributed by atoms with Crippen molar-refractivity contribution >= 4 is 29.3 Å². The van der Waals surface area contributed by atoms with Gasteiger partial charge in [0.1, 0.15) is 11.6 Å². The van der Waals surface area contributed by atoms with Gasteiger partial charge in [-0.15, -0.1) is 0 Å². The van der Waals surface area contributed by atoms with E-state index in [4.69, 9.17) is 10.00 Å². The van der Waals surface area contributed by atoms with Crippen LogP contribution in [0.15, 0.2) is 18.2 Å². The van der Waals surface area contributed by atoms with Crippen molar-refractivity contribution < 1.29 is 19.1 Å². The monoisotopic (exact) mass is 358 g/mol. The van der Waals surface area contributed by atoms with E-state index in [1.165, 1.54) is 17.9 Å². The molecule has 26 heavy (non-hydrogen) atoms. The number of nitrogens with zero attached hydrogens (tertiary/aromatic N) is 2. The van der Waals surface area contributed by atoms with Gasteiger partial charge >= 0.3 is 6.09 Å². The van der Waals surface area contributed by atoms with Crippen LogP contribution in [0, 0.1) is 11.3 Å². The number of amides is 3. The van der Waals surface area contributed by atoms with E-state index >= 15 is 0 Å². The maximum Gasteiger partial charge on any atom is 0.408 e. The van der Waals surface area contributed by atoms with Crippen LogP contribution in [-0.2, 0) is 14.3 Å². The average Bonchev–Trinajstić information content (AvgIpc) is 2.60. The Balaban J connectivity index is 2.41. The molecule has 1 heterocycles. The molecule has 0 aromatic heterocycles. The molecule has 8 nitrogen and oxygen atoms in total. The highest BCUT2D eigenvalue weighted by molar-refractivity contribution is 6.06. The Hall–Kier alpha value is -3.08. The molecule has 0 saturated heterocycles. The first-order valence-electron chi connectivity index (χ1n) is 8.18. The second-order valence-electron chi connectivity index (χ2n) is 7.09. The van der Waals surface area contributed by atoms with Gasteiger partial charge in [0.25, 0.3) is 0 Å². The van der Waals surface area contributed by atoms with Crippen LogP contribution >= 0.6 is 0 Å². The van der Waals surface area contributed by atoms with E-state index in [0.717, 1.165) is 0 Å². The zero-order chi connectivity index (χ0) is 19.6. The van der Waals surface area contributed by atoms with Crippen LogP contribution in [0.25, 0.3) is 0 Å². The van der Waals surface area contributed by atoms with Gasteiger partial charge in [0, 0.05) is 6.92 Å². The number of carbonyl (C=O) groups is 3. The second-order valence-corrected chi connectivity index (χ2v) is 7.09. The summed E-state index contributed by atoms with van der Waals surface area (Å²) in [6.45, 7) is 8.15. The summed E-state index contributed by atoms with van der Waals surface area (Å²) in [4.78, 5) is 38.4. The molecule has 2 N–H and O–H groups in total. The van der Waals surface area contributed by atoms with Crippen LogP contribution in [-0.4, -0.2) is 35.6 Å². The van der Waals surface area contributed by atoms with E-state index in [2.05, 4.69) is 10.6 Å². The first-order valence-corrected chi connectivity index (χ1v) is 8.18. The molecule has 3 amide bonds. The number of benzene rings is 1. The highest BCUT2D eigenvalue weighted by Crippen LogP contribution is 2.32. The Kier molecular flexibility index (Phi) is 5.21. The number of carbonyl (C=O) groups excluding carboxylic acids is 3. The summed E-state index contributed by atoms with van der Waals surface area (Å²) in [6.07, 6.45) is -0.753. The highest BCUT2D eigenvalue weighted by atomic mass is 16.6. The third-order valence-electron chi connectivity index (χ3n) is 3.83. The van der Waals surface area contributed by atoms with Crippen molar-refractivity contribution in [2.45, 2.75) is 52.3 Å². The Morgan fingerprint density at radius 1 is 1.35 bits per heavy atom. The van der Waals surface area contributed by atoms with Gasteiger partial charge in [-0.2, -0.15) is 5.26 Å². The topological polar surface area (TPSA) is 112 Å². The Bertz CT molecular complexity index is 791. The van der Waals surface area contributed by atoms with E-state index in [9.17, 15) is 14.4 Å². The molecular weight excluding hydrogens is 336 g/mol. The first kappa shape index (κ1) is 19.2. The van der Waals surface area contributed by atoms with Crippen molar-refractivity contribution in [3.05, 3.63) is 23.8 Å². The van der Waals surface area contributed by atoms with Gasteiger partial charge in [-0.1, -0.05) is 0 Å². The Morgan fingerprint density at radius 2 is 2.00 bits per heavy atom. The number of nitriles is 1. The minimum atomic E-state index is -1.02. The standard InChI is InChI=1S/C18H22N4O4/c1-10-15(21-17(25)26-18(3,4)5)16(24)20-13-7-6-12(9-19)8-14(13)22(10)11(2)23/h6-8,10,15H,1-5H3,(H,20,24)(H,21,25)/t10-,15-/m0/s1. The third kappa shape index (κ3) is 4.11. The summed E-state index contributed by atoms with van der Waals surface area (Å²) in [7, 11) is 0. The summed E-state index contributed by atoms with van der Waals surface area (Å²) in [5.41, 5.74) is 0.435. The predicted octanol–water partition coefficient (Wildman–Crippen LogP) is 2.15. The van der Waals surface area contributed by atoms with Crippen LogP contribution in [0.5, 0.6) is 0 Å². The highest BCUT2D eigenvalue weighted by Gasteiger charge is 2.38. The molecule has 0 aliphatic carbocycles. The largest absolute Gasteiger partial charge is 0.444 e. The van der Waals surface area contributed by atoms with Crippen LogP contribution < -0.4 is 15.5 Å². The number of rotatable bonds is 1. The molecule has 1 aliphatic rings. The van der Waals surface area contributed by atoms with Gasteiger partial charge in [0.15, 0.2) is 0 Å². The van der Waals surface area contributed by atoms with Crippen LogP contribution in [0.3, 0.4) is 0 Å². The van der Waals surface area contributed by atoms with Crippen molar-refractivity contribution in [1.29, 1.82) is 5.26 Å². The minimum absolute atomic E-state index is 0.318. The molecule has 2 rings (SSSR count). The Morgan fingerprint density at radius 3 is 2.54 bits per heavy atom. The molecule has 138 valence electrons. The third-order valence-corrected chi connectivity index (χ3v) is 3.83. The number of alkyl carbamates (subject to hydrolysis) is 1. The normalized spacial score (nSPS) is 19.5. The van der Waals surface area contributed by atoms with Crippen LogP contribution in [0.1, 0.15) is 40.2 Å². The van der Waals surface area contributed by atoms with Crippen molar-refractivity contribution in [3.8, 4) is 6.07 Å². The molecule has 0 spiro atoms. The molecule has 1 aliphatic heterocycles. The molecule has 1 aromatic carbocycles. The molecule has 0 radical (unpaired) electrons. The molecule has 0 fully saturated rings. The molecule has 1 aromatic rings. The van der Waals surface area contributed by atoms with Gasteiger partial charge in [0.2, 0.25) is 11.8 Å². The quantitative estimate of drug-likeness (QED) is 0.799. The molecule has 8 heteroatoms. The van der Waals surface area contributed by atoms with Gasteiger partial charge in [-0.25, -0.2) is 4.79 Å². The molecular formula is C18H22N4O4. The summed E-state index contributed by atoms with van der Waals surface area (Å²) < 4.78 is 5.21. The summed E-state index contributed by atoms with van der Waals surface area (Å²) in [6, 6.07) is 4.94. The van der Waals surface area contributed by atoms with E-state index in [1.807, 2.05) is 6.07 Å². The zero-order valence-electron chi connectivity index (χ0n) is 15.4. The van der Waals surface area contributed by atoms with Crippen LogP contribution in [0.2, 0.25) is 0 Å². The lowest BCUT2D eigenvalue weighted by Crippen LogP contribution is -2.56. The fraction of sp³-hybridized carbons (Fsp3) is 0.444. The van der Waals surface area contributed by atoms with E-state index in [-0.39, 0.29) is 5.91 Å². The van der Waals surface area contributed by atoms with Crippen molar-refractivity contribution in [2.24, 2.45) is 0 Å². The number of nitrogens with one attached hydrogen (secondary N) is 2. The smallest absolute Gasteiger partial charge is 0.408 e. The summed E-state index contributed by atoms with van der Waals surface area (Å²) in [5.74, 6) is -0.792. The second kappa shape index (κ2) is 7.04. The first-order chi connectivity index (χ1) is 12.0. The molecule has 0 unspecified atom stereocenters. The van der Waals surface area contributed by atoms with Gasteiger partial charge in [-0.05, 0) is 45.9 Å². The maximum absolute atomic E-state index is 12.6. The Labute approximate surface area is 152 Å². The summed E-state index contributed by atoms with van der Waals surface area (Å²) in [5, 5.41) is 14.3. The molecule has 0 saturated carbocycles.